The topological polar surface area (TPSA) is 29.0 Å². The lowest BCUT2D eigenvalue weighted by atomic mass is 10.2. The number of hydrogen-bond donors (Lipinski definition) is 0. The van der Waals surface area contributed by atoms with E-state index in [0.29, 0.717) is 0 Å². The van der Waals surface area contributed by atoms with E-state index < -0.39 is 0 Å². The lowest BCUT2D eigenvalue weighted by molar-refractivity contribution is 0.736. The van der Waals surface area contributed by atoms with Gasteiger partial charge in [-0.3, -0.25) is 0 Å². The molecule has 0 radical (unpaired) electrons. The van der Waals surface area contributed by atoms with Gasteiger partial charge in [0, 0.05) is 22.9 Å². The highest BCUT2D eigenvalue weighted by Gasteiger charge is 2.11. The molecule has 0 amide bonds. The van der Waals surface area contributed by atoms with Crippen molar-refractivity contribution >= 4 is 32.7 Å². The van der Waals surface area contributed by atoms with E-state index in [1.807, 2.05) is 12.1 Å². The van der Waals surface area contributed by atoms with Gasteiger partial charge in [0.25, 0.3) is 0 Å². The first kappa shape index (κ1) is 13.3. The summed E-state index contributed by atoms with van der Waals surface area (Å²) in [5, 5.41) is 1.12. The summed E-state index contributed by atoms with van der Waals surface area (Å²) in [5.41, 5.74) is 0.986. The SMILES string of the molecule is CCCN(CCC)c1ncnc2c(Br)cccc12. The highest BCUT2D eigenvalue weighted by atomic mass is 79.9. The molecule has 1 aromatic heterocycles. The highest BCUT2D eigenvalue weighted by molar-refractivity contribution is 9.10. The zero-order valence-electron chi connectivity index (χ0n) is 10.9. The van der Waals surface area contributed by atoms with Gasteiger partial charge in [0.05, 0.1) is 5.52 Å². The second-order valence-corrected chi connectivity index (χ2v) is 5.17. The molecule has 0 bridgehead atoms. The van der Waals surface area contributed by atoms with Gasteiger partial charge in [-0.25, -0.2) is 9.97 Å². The van der Waals surface area contributed by atoms with Gasteiger partial charge < -0.3 is 4.90 Å². The molecule has 4 heteroatoms. The van der Waals surface area contributed by atoms with E-state index in [9.17, 15) is 0 Å². The van der Waals surface area contributed by atoms with Crippen LogP contribution in [0.2, 0.25) is 0 Å². The summed E-state index contributed by atoms with van der Waals surface area (Å²) in [6.45, 7) is 6.46. The van der Waals surface area contributed by atoms with Crippen LogP contribution in [0.15, 0.2) is 29.0 Å². The summed E-state index contributed by atoms with van der Waals surface area (Å²) < 4.78 is 1.02. The Hall–Kier alpha value is -1.16. The van der Waals surface area contributed by atoms with E-state index in [1.165, 1.54) is 0 Å². The average molecular weight is 308 g/mol. The number of fused-ring (bicyclic) bond motifs is 1. The molecule has 0 N–H and O–H groups in total. The summed E-state index contributed by atoms with van der Waals surface area (Å²) in [5.74, 6) is 1.05. The van der Waals surface area contributed by atoms with Crippen molar-refractivity contribution in [2.45, 2.75) is 26.7 Å². The molecule has 0 aliphatic carbocycles. The van der Waals surface area contributed by atoms with Crippen molar-refractivity contribution < 1.29 is 0 Å². The molecule has 0 fully saturated rings. The minimum absolute atomic E-state index is 0.986. The van der Waals surface area contributed by atoms with Crippen LogP contribution < -0.4 is 4.90 Å². The number of nitrogens with zero attached hydrogens (tertiary/aromatic N) is 3. The Morgan fingerprint density at radius 3 is 2.50 bits per heavy atom. The molecule has 3 nitrogen and oxygen atoms in total. The first-order chi connectivity index (χ1) is 8.77. The van der Waals surface area contributed by atoms with E-state index >= 15 is 0 Å². The van der Waals surface area contributed by atoms with Crippen LogP contribution in [0.5, 0.6) is 0 Å². The van der Waals surface area contributed by atoms with Crippen molar-refractivity contribution in [2.75, 3.05) is 18.0 Å². The van der Waals surface area contributed by atoms with Gasteiger partial charge in [-0.1, -0.05) is 19.9 Å². The van der Waals surface area contributed by atoms with Gasteiger partial charge in [-0.15, -0.1) is 0 Å². The molecule has 0 atom stereocenters. The molecule has 0 saturated heterocycles. The summed E-state index contributed by atoms with van der Waals surface area (Å²) in [7, 11) is 0. The molecule has 2 rings (SSSR count). The molecule has 0 unspecified atom stereocenters. The predicted molar refractivity (Wildman–Crippen MR) is 80.0 cm³/mol. The van der Waals surface area contributed by atoms with Crippen LogP contribution in [0.1, 0.15) is 26.7 Å². The lowest BCUT2D eigenvalue weighted by Gasteiger charge is -2.23. The summed E-state index contributed by atoms with van der Waals surface area (Å²) >= 11 is 3.55. The number of anilines is 1. The number of halogens is 1. The van der Waals surface area contributed by atoms with E-state index in [1.54, 1.807) is 6.33 Å². The fourth-order valence-corrected chi connectivity index (χ4v) is 2.62. The van der Waals surface area contributed by atoms with Gasteiger partial charge in [-0.2, -0.15) is 0 Å². The maximum Gasteiger partial charge on any atom is 0.139 e. The number of para-hydroxylation sites is 1. The maximum atomic E-state index is 4.48. The van der Waals surface area contributed by atoms with Gasteiger partial charge in [0.1, 0.15) is 12.1 Å². The average Bonchev–Trinajstić information content (AvgIpc) is 2.38. The minimum atomic E-state index is 0.986. The van der Waals surface area contributed by atoms with Crippen LogP contribution >= 0.6 is 15.9 Å². The molecular weight excluding hydrogens is 290 g/mol. The van der Waals surface area contributed by atoms with Crippen molar-refractivity contribution in [3.8, 4) is 0 Å². The quantitative estimate of drug-likeness (QED) is 0.835. The monoisotopic (exact) mass is 307 g/mol. The molecule has 1 heterocycles. The van der Waals surface area contributed by atoms with Crippen molar-refractivity contribution in [3.05, 3.63) is 29.0 Å². The largest absolute Gasteiger partial charge is 0.356 e. The molecule has 0 aliphatic rings. The van der Waals surface area contributed by atoms with E-state index in [2.05, 4.69) is 50.7 Å². The second kappa shape index (κ2) is 6.14. The highest BCUT2D eigenvalue weighted by Crippen LogP contribution is 2.28. The molecule has 2 aromatic rings. The Kier molecular flexibility index (Phi) is 4.53. The molecular formula is C14H18BrN3. The Balaban J connectivity index is 2.51. The molecule has 0 spiro atoms. The van der Waals surface area contributed by atoms with E-state index in [4.69, 9.17) is 0 Å². The van der Waals surface area contributed by atoms with Crippen LogP contribution in [0, 0.1) is 0 Å². The molecule has 1 aromatic carbocycles. The summed E-state index contributed by atoms with van der Waals surface area (Å²) in [6, 6.07) is 6.15. The van der Waals surface area contributed by atoms with Crippen LogP contribution in [-0.2, 0) is 0 Å². The fourth-order valence-electron chi connectivity index (χ4n) is 2.15. The second-order valence-electron chi connectivity index (χ2n) is 4.32. The number of benzene rings is 1. The third-order valence-electron chi connectivity index (χ3n) is 2.88. The zero-order valence-corrected chi connectivity index (χ0v) is 12.4. The Morgan fingerprint density at radius 1 is 1.11 bits per heavy atom. The summed E-state index contributed by atoms with van der Waals surface area (Å²) in [4.78, 5) is 11.2. The smallest absolute Gasteiger partial charge is 0.139 e. The van der Waals surface area contributed by atoms with Gasteiger partial charge in [0.15, 0.2) is 0 Å². The van der Waals surface area contributed by atoms with Crippen molar-refractivity contribution in [1.29, 1.82) is 0 Å². The normalized spacial score (nSPS) is 10.8. The Labute approximate surface area is 116 Å². The first-order valence-electron chi connectivity index (χ1n) is 6.42. The minimum Gasteiger partial charge on any atom is -0.356 e. The van der Waals surface area contributed by atoms with E-state index in [-0.39, 0.29) is 0 Å². The van der Waals surface area contributed by atoms with Crippen molar-refractivity contribution in [2.24, 2.45) is 0 Å². The third-order valence-corrected chi connectivity index (χ3v) is 3.52. The van der Waals surface area contributed by atoms with Gasteiger partial charge in [0.2, 0.25) is 0 Å². The van der Waals surface area contributed by atoms with Crippen molar-refractivity contribution in [1.82, 2.24) is 9.97 Å². The zero-order chi connectivity index (χ0) is 13.0. The van der Waals surface area contributed by atoms with Crippen LogP contribution in [0.4, 0.5) is 5.82 Å². The molecule has 18 heavy (non-hydrogen) atoms. The van der Waals surface area contributed by atoms with Crippen LogP contribution in [-0.4, -0.2) is 23.1 Å². The number of hydrogen-bond acceptors (Lipinski definition) is 3. The first-order valence-corrected chi connectivity index (χ1v) is 7.21. The predicted octanol–water partition coefficient (Wildman–Crippen LogP) is 4.02. The standard InChI is InChI=1S/C14H18BrN3/c1-3-8-18(9-4-2)14-11-6-5-7-12(15)13(11)16-10-17-14/h5-7,10H,3-4,8-9H2,1-2H3. The van der Waals surface area contributed by atoms with Crippen LogP contribution in [0.25, 0.3) is 10.9 Å². The Morgan fingerprint density at radius 2 is 1.83 bits per heavy atom. The maximum absolute atomic E-state index is 4.48. The molecule has 0 saturated carbocycles. The number of rotatable bonds is 5. The number of aromatic nitrogens is 2. The van der Waals surface area contributed by atoms with E-state index in [0.717, 1.165) is 47.1 Å². The van der Waals surface area contributed by atoms with Gasteiger partial charge >= 0.3 is 0 Å². The fraction of sp³-hybridized carbons (Fsp3) is 0.429. The van der Waals surface area contributed by atoms with Crippen LogP contribution in [0.3, 0.4) is 0 Å². The lowest BCUT2D eigenvalue weighted by Crippen LogP contribution is -2.26. The Bertz CT molecular complexity index is 521. The summed E-state index contributed by atoms with van der Waals surface area (Å²) in [6.07, 6.45) is 3.90. The van der Waals surface area contributed by atoms with Crippen molar-refractivity contribution in [3.63, 3.8) is 0 Å². The third kappa shape index (κ3) is 2.64. The molecule has 96 valence electrons. The van der Waals surface area contributed by atoms with Gasteiger partial charge in [-0.05, 0) is 40.9 Å². The molecule has 0 aliphatic heterocycles.